The molecule has 0 spiro atoms. The minimum atomic E-state index is -3.42. The molecule has 0 fully saturated rings. The fourth-order valence-corrected chi connectivity index (χ4v) is 1.40. The average molecular weight is 255 g/mol. The summed E-state index contributed by atoms with van der Waals surface area (Å²) in [4.78, 5) is 0. The zero-order valence-corrected chi connectivity index (χ0v) is 7.98. The zero-order chi connectivity index (χ0) is 10.1. The third-order valence-electron chi connectivity index (χ3n) is 1.52. The maximum absolute atomic E-state index is 12.9. The third kappa shape index (κ3) is 2.22. The number of benzene rings is 1. The summed E-state index contributed by atoms with van der Waals surface area (Å²) in [6.45, 7) is -1.34. The number of rotatable bonds is 2. The second-order valence-corrected chi connectivity index (χ2v) is 3.34. The summed E-state index contributed by atoms with van der Waals surface area (Å²) in [6.07, 6.45) is 0. The van der Waals surface area contributed by atoms with Gasteiger partial charge < -0.3 is 5.11 Å². The van der Waals surface area contributed by atoms with Gasteiger partial charge in [-0.25, -0.2) is 4.39 Å². The van der Waals surface area contributed by atoms with Gasteiger partial charge >= 0.3 is 0 Å². The summed E-state index contributed by atoms with van der Waals surface area (Å²) in [5, 5.41) is 8.37. The Balaban J connectivity index is 3.20. The second-order valence-electron chi connectivity index (χ2n) is 2.49. The molecule has 0 aliphatic carbocycles. The Morgan fingerprint density at radius 3 is 2.54 bits per heavy atom. The number of aliphatic hydroxyl groups is 1. The van der Waals surface area contributed by atoms with Crippen molar-refractivity contribution >= 4 is 15.9 Å². The Hall–Kier alpha value is -0.550. The highest BCUT2D eigenvalue weighted by Crippen LogP contribution is 2.33. The third-order valence-corrected chi connectivity index (χ3v) is 2.21. The molecule has 1 nitrogen and oxygen atoms in total. The highest BCUT2D eigenvalue weighted by molar-refractivity contribution is 9.10. The lowest BCUT2D eigenvalue weighted by atomic mass is 10.1. The molecule has 0 aromatic heterocycles. The van der Waals surface area contributed by atoms with Crippen molar-refractivity contribution in [3.05, 3.63) is 34.1 Å². The number of aliphatic hydroxyl groups excluding tert-OH is 1. The van der Waals surface area contributed by atoms with Gasteiger partial charge in [0.15, 0.2) is 0 Å². The van der Waals surface area contributed by atoms with E-state index >= 15 is 0 Å². The molecule has 1 aromatic rings. The SMILES string of the molecule is OCC(F)(F)c1cc(F)ccc1Br. The summed E-state index contributed by atoms with van der Waals surface area (Å²) in [7, 11) is 0. The van der Waals surface area contributed by atoms with E-state index in [1.54, 1.807) is 0 Å². The van der Waals surface area contributed by atoms with Crippen molar-refractivity contribution in [1.29, 1.82) is 0 Å². The van der Waals surface area contributed by atoms with Gasteiger partial charge in [0.25, 0.3) is 5.92 Å². The predicted molar refractivity (Wildman–Crippen MR) is 45.1 cm³/mol. The topological polar surface area (TPSA) is 20.2 Å². The Labute approximate surface area is 81.3 Å². The van der Waals surface area contributed by atoms with E-state index in [-0.39, 0.29) is 4.47 Å². The van der Waals surface area contributed by atoms with Gasteiger partial charge in [-0.1, -0.05) is 15.9 Å². The Kier molecular flexibility index (Phi) is 2.98. The van der Waals surface area contributed by atoms with Gasteiger partial charge in [0.05, 0.1) is 0 Å². The van der Waals surface area contributed by atoms with Crippen LogP contribution >= 0.6 is 15.9 Å². The van der Waals surface area contributed by atoms with Crippen LogP contribution in [0.15, 0.2) is 22.7 Å². The first-order chi connectivity index (χ1) is 5.97. The highest BCUT2D eigenvalue weighted by Gasteiger charge is 2.32. The fourth-order valence-electron chi connectivity index (χ4n) is 0.863. The van der Waals surface area contributed by atoms with Crippen LogP contribution in [0.3, 0.4) is 0 Å². The lowest BCUT2D eigenvalue weighted by molar-refractivity contribution is -0.0564. The standard InChI is InChI=1S/C8H6BrF3O/c9-7-2-1-5(10)3-6(7)8(11,12)4-13/h1-3,13H,4H2. The van der Waals surface area contributed by atoms with E-state index in [1.807, 2.05) is 0 Å². The Morgan fingerprint density at radius 2 is 2.00 bits per heavy atom. The molecular formula is C8H6BrF3O. The van der Waals surface area contributed by atoms with Crippen LogP contribution in [0.25, 0.3) is 0 Å². The molecule has 0 atom stereocenters. The first kappa shape index (κ1) is 10.5. The Bertz CT molecular complexity index is 314. The highest BCUT2D eigenvalue weighted by atomic mass is 79.9. The van der Waals surface area contributed by atoms with Crippen LogP contribution in [-0.2, 0) is 5.92 Å². The van der Waals surface area contributed by atoms with Gasteiger partial charge in [0.1, 0.15) is 12.4 Å². The van der Waals surface area contributed by atoms with Crippen LogP contribution < -0.4 is 0 Å². The lowest BCUT2D eigenvalue weighted by Crippen LogP contribution is -2.19. The number of hydrogen-bond acceptors (Lipinski definition) is 1. The van der Waals surface area contributed by atoms with Crippen molar-refractivity contribution in [2.75, 3.05) is 6.61 Å². The smallest absolute Gasteiger partial charge is 0.296 e. The van der Waals surface area contributed by atoms with Crippen molar-refractivity contribution < 1.29 is 18.3 Å². The van der Waals surface area contributed by atoms with Crippen molar-refractivity contribution in [2.24, 2.45) is 0 Å². The van der Waals surface area contributed by atoms with Crippen molar-refractivity contribution in [1.82, 2.24) is 0 Å². The van der Waals surface area contributed by atoms with Crippen LogP contribution in [0, 0.1) is 5.82 Å². The number of alkyl halides is 2. The van der Waals surface area contributed by atoms with Gasteiger partial charge in [-0.15, -0.1) is 0 Å². The van der Waals surface area contributed by atoms with Gasteiger partial charge in [-0.3, -0.25) is 0 Å². The van der Waals surface area contributed by atoms with Crippen LogP contribution in [0.1, 0.15) is 5.56 Å². The lowest BCUT2D eigenvalue weighted by Gasteiger charge is -2.14. The molecule has 1 aromatic carbocycles. The first-order valence-electron chi connectivity index (χ1n) is 3.41. The molecule has 1 N–H and O–H groups in total. The van der Waals surface area contributed by atoms with Crippen molar-refractivity contribution in [2.45, 2.75) is 5.92 Å². The summed E-state index contributed by atoms with van der Waals surface area (Å²) in [6, 6.07) is 2.93. The van der Waals surface area contributed by atoms with E-state index in [1.165, 1.54) is 6.07 Å². The fraction of sp³-hybridized carbons (Fsp3) is 0.250. The van der Waals surface area contributed by atoms with Gasteiger partial charge in [-0.2, -0.15) is 8.78 Å². The molecular weight excluding hydrogens is 249 g/mol. The first-order valence-corrected chi connectivity index (χ1v) is 4.21. The second kappa shape index (κ2) is 3.67. The van der Waals surface area contributed by atoms with Gasteiger partial charge in [-0.05, 0) is 18.2 Å². The predicted octanol–water partition coefficient (Wildman–Crippen LogP) is 2.67. The van der Waals surface area contributed by atoms with E-state index in [0.717, 1.165) is 6.07 Å². The number of hydrogen-bond donors (Lipinski definition) is 1. The maximum atomic E-state index is 12.9. The molecule has 72 valence electrons. The maximum Gasteiger partial charge on any atom is 0.296 e. The van der Waals surface area contributed by atoms with E-state index in [9.17, 15) is 13.2 Å². The summed E-state index contributed by atoms with van der Waals surface area (Å²) in [5.41, 5.74) is -0.546. The minimum absolute atomic E-state index is 0.0768. The van der Waals surface area contributed by atoms with Crippen molar-refractivity contribution in [3.8, 4) is 0 Å². The molecule has 1 rings (SSSR count). The van der Waals surface area contributed by atoms with Crippen molar-refractivity contribution in [3.63, 3.8) is 0 Å². The van der Waals surface area contributed by atoms with Crippen LogP contribution in [-0.4, -0.2) is 11.7 Å². The monoisotopic (exact) mass is 254 g/mol. The normalized spacial score (nSPS) is 11.8. The van der Waals surface area contributed by atoms with E-state index in [0.29, 0.717) is 6.07 Å². The van der Waals surface area contributed by atoms with Crippen LogP contribution in [0.5, 0.6) is 0 Å². The molecule has 0 saturated heterocycles. The van der Waals surface area contributed by atoms with Gasteiger partial charge in [0.2, 0.25) is 0 Å². The number of halogens is 4. The van der Waals surface area contributed by atoms with Crippen LogP contribution in [0.2, 0.25) is 0 Å². The largest absolute Gasteiger partial charge is 0.390 e. The van der Waals surface area contributed by atoms with Crippen LogP contribution in [0.4, 0.5) is 13.2 Å². The Morgan fingerprint density at radius 1 is 1.38 bits per heavy atom. The van der Waals surface area contributed by atoms with E-state index < -0.39 is 23.9 Å². The molecule has 0 aliphatic heterocycles. The summed E-state index contributed by atoms with van der Waals surface area (Å²) < 4.78 is 38.4. The van der Waals surface area contributed by atoms with E-state index in [4.69, 9.17) is 5.11 Å². The molecule has 0 amide bonds. The molecule has 0 radical (unpaired) electrons. The van der Waals surface area contributed by atoms with Gasteiger partial charge in [0, 0.05) is 10.0 Å². The average Bonchev–Trinajstić information content (AvgIpc) is 2.09. The molecule has 0 heterocycles. The summed E-state index contributed by atoms with van der Waals surface area (Å²) in [5.74, 6) is -4.17. The minimum Gasteiger partial charge on any atom is -0.390 e. The molecule has 5 heteroatoms. The molecule has 0 bridgehead atoms. The zero-order valence-electron chi connectivity index (χ0n) is 6.40. The molecule has 0 unspecified atom stereocenters. The molecule has 13 heavy (non-hydrogen) atoms. The molecule has 0 aliphatic rings. The quantitative estimate of drug-likeness (QED) is 0.861. The summed E-state index contributed by atoms with van der Waals surface area (Å²) >= 11 is 2.85. The van der Waals surface area contributed by atoms with E-state index in [2.05, 4.69) is 15.9 Å². The molecule has 0 saturated carbocycles.